The number of halogens is 2. The molecule has 0 fully saturated rings. The molecule has 0 radical (unpaired) electrons. The van der Waals surface area contributed by atoms with Crippen LogP contribution < -0.4 is 4.74 Å². The van der Waals surface area contributed by atoms with E-state index in [1.165, 1.54) is 0 Å². The lowest BCUT2D eigenvalue weighted by atomic mass is 10.1. The van der Waals surface area contributed by atoms with Crippen molar-refractivity contribution in [3.8, 4) is 11.6 Å². The van der Waals surface area contributed by atoms with E-state index >= 15 is 0 Å². The SMILES string of the molecule is Cc1cc(Oc2cc(CCl)ccn2)cc(C)c1Cl. The van der Waals surface area contributed by atoms with E-state index in [0.717, 1.165) is 27.5 Å². The lowest BCUT2D eigenvalue weighted by Crippen LogP contribution is -1.91. The minimum absolute atomic E-state index is 0.442. The Balaban J connectivity index is 2.28. The number of alkyl halides is 1. The summed E-state index contributed by atoms with van der Waals surface area (Å²) in [7, 11) is 0. The molecule has 0 aliphatic rings. The van der Waals surface area contributed by atoms with Crippen LogP contribution in [0.5, 0.6) is 11.6 Å². The smallest absolute Gasteiger partial charge is 0.219 e. The van der Waals surface area contributed by atoms with Crippen molar-refractivity contribution in [3.05, 3.63) is 52.2 Å². The summed E-state index contributed by atoms with van der Waals surface area (Å²) in [6.45, 7) is 3.90. The molecule has 0 N–H and O–H groups in total. The molecule has 0 saturated heterocycles. The van der Waals surface area contributed by atoms with Gasteiger partial charge in [-0.3, -0.25) is 0 Å². The van der Waals surface area contributed by atoms with Crippen molar-refractivity contribution >= 4 is 23.2 Å². The van der Waals surface area contributed by atoms with Crippen LogP contribution in [0, 0.1) is 13.8 Å². The Labute approximate surface area is 117 Å². The van der Waals surface area contributed by atoms with Crippen LogP contribution in [0.4, 0.5) is 0 Å². The molecule has 2 nitrogen and oxygen atoms in total. The van der Waals surface area contributed by atoms with Gasteiger partial charge in [0.2, 0.25) is 5.88 Å². The molecule has 94 valence electrons. The highest BCUT2D eigenvalue weighted by molar-refractivity contribution is 6.32. The fourth-order valence-electron chi connectivity index (χ4n) is 1.68. The highest BCUT2D eigenvalue weighted by atomic mass is 35.5. The predicted octanol–water partition coefficient (Wildman–Crippen LogP) is 4.88. The molecule has 0 bridgehead atoms. The van der Waals surface area contributed by atoms with E-state index in [2.05, 4.69) is 4.98 Å². The largest absolute Gasteiger partial charge is 0.439 e. The summed E-state index contributed by atoms with van der Waals surface area (Å²) in [5, 5.41) is 0.768. The van der Waals surface area contributed by atoms with Gasteiger partial charge in [0.25, 0.3) is 0 Å². The Kier molecular flexibility index (Phi) is 4.10. The van der Waals surface area contributed by atoms with Crippen molar-refractivity contribution in [1.82, 2.24) is 4.98 Å². The average Bonchev–Trinajstić information content (AvgIpc) is 2.36. The number of hydrogen-bond acceptors (Lipinski definition) is 2. The molecule has 18 heavy (non-hydrogen) atoms. The Bertz CT molecular complexity index is 546. The fraction of sp³-hybridized carbons (Fsp3) is 0.214. The van der Waals surface area contributed by atoms with Crippen LogP contribution in [0.15, 0.2) is 30.5 Å². The van der Waals surface area contributed by atoms with Crippen LogP contribution in [0.25, 0.3) is 0 Å². The predicted molar refractivity (Wildman–Crippen MR) is 74.8 cm³/mol. The van der Waals surface area contributed by atoms with Gasteiger partial charge in [-0.05, 0) is 48.7 Å². The molecule has 0 aliphatic heterocycles. The number of aryl methyl sites for hydroxylation is 2. The molecule has 2 rings (SSSR count). The highest BCUT2D eigenvalue weighted by Gasteiger charge is 2.05. The standard InChI is InChI=1S/C14H13Cl2NO/c1-9-5-12(6-10(2)14(9)16)18-13-7-11(8-15)3-4-17-13/h3-7H,8H2,1-2H3. The third-order valence-corrected chi connectivity index (χ3v) is 3.49. The molecule has 1 aromatic heterocycles. The summed E-state index contributed by atoms with van der Waals surface area (Å²) in [4.78, 5) is 4.15. The molecular formula is C14H13Cl2NO. The van der Waals surface area contributed by atoms with Gasteiger partial charge < -0.3 is 4.74 Å². The molecule has 0 atom stereocenters. The summed E-state index contributed by atoms with van der Waals surface area (Å²) >= 11 is 11.9. The number of nitrogens with zero attached hydrogens (tertiary/aromatic N) is 1. The fourth-order valence-corrected chi connectivity index (χ4v) is 1.95. The zero-order valence-electron chi connectivity index (χ0n) is 10.2. The van der Waals surface area contributed by atoms with Crippen LogP contribution in [-0.4, -0.2) is 4.98 Å². The topological polar surface area (TPSA) is 22.1 Å². The van der Waals surface area contributed by atoms with Gasteiger partial charge in [-0.15, -0.1) is 11.6 Å². The second kappa shape index (κ2) is 5.59. The molecule has 4 heteroatoms. The van der Waals surface area contributed by atoms with Crippen molar-refractivity contribution in [2.24, 2.45) is 0 Å². The number of rotatable bonds is 3. The van der Waals surface area contributed by atoms with Gasteiger partial charge in [0, 0.05) is 23.2 Å². The summed E-state index contributed by atoms with van der Waals surface area (Å²) in [5.74, 6) is 1.71. The Hall–Kier alpha value is -1.25. The second-order valence-electron chi connectivity index (χ2n) is 4.11. The quantitative estimate of drug-likeness (QED) is 0.748. The van der Waals surface area contributed by atoms with Gasteiger partial charge in [-0.1, -0.05) is 11.6 Å². The lowest BCUT2D eigenvalue weighted by molar-refractivity contribution is 0.461. The summed E-state index contributed by atoms with van der Waals surface area (Å²) in [5.41, 5.74) is 2.95. The van der Waals surface area contributed by atoms with E-state index in [0.29, 0.717) is 11.8 Å². The van der Waals surface area contributed by atoms with E-state index < -0.39 is 0 Å². The van der Waals surface area contributed by atoms with Gasteiger partial charge in [0.15, 0.2) is 0 Å². The van der Waals surface area contributed by atoms with Gasteiger partial charge in [0.05, 0.1) is 0 Å². The zero-order chi connectivity index (χ0) is 13.1. The number of benzene rings is 1. The zero-order valence-corrected chi connectivity index (χ0v) is 11.7. The minimum Gasteiger partial charge on any atom is -0.439 e. The number of ether oxygens (including phenoxy) is 1. The first-order chi connectivity index (χ1) is 8.60. The Morgan fingerprint density at radius 2 is 1.83 bits per heavy atom. The van der Waals surface area contributed by atoms with Crippen LogP contribution in [0.1, 0.15) is 16.7 Å². The first-order valence-electron chi connectivity index (χ1n) is 5.55. The molecule has 2 aromatic rings. The molecule has 1 heterocycles. The van der Waals surface area contributed by atoms with Crippen molar-refractivity contribution in [1.29, 1.82) is 0 Å². The Morgan fingerprint density at radius 1 is 1.17 bits per heavy atom. The molecule has 0 amide bonds. The third-order valence-electron chi connectivity index (χ3n) is 2.59. The molecular weight excluding hydrogens is 269 g/mol. The van der Waals surface area contributed by atoms with Gasteiger partial charge >= 0.3 is 0 Å². The van der Waals surface area contributed by atoms with Gasteiger partial charge in [-0.2, -0.15) is 0 Å². The van der Waals surface area contributed by atoms with Crippen molar-refractivity contribution < 1.29 is 4.74 Å². The van der Waals surface area contributed by atoms with Crippen molar-refractivity contribution in [2.45, 2.75) is 19.7 Å². The normalized spacial score (nSPS) is 10.4. The average molecular weight is 282 g/mol. The monoisotopic (exact) mass is 281 g/mol. The lowest BCUT2D eigenvalue weighted by Gasteiger charge is -2.09. The summed E-state index contributed by atoms with van der Waals surface area (Å²) in [6.07, 6.45) is 1.68. The Morgan fingerprint density at radius 3 is 2.44 bits per heavy atom. The molecule has 0 aliphatic carbocycles. The number of aromatic nitrogens is 1. The highest BCUT2D eigenvalue weighted by Crippen LogP contribution is 2.28. The first kappa shape index (κ1) is 13.2. The van der Waals surface area contributed by atoms with E-state index in [-0.39, 0.29) is 0 Å². The third kappa shape index (κ3) is 2.95. The van der Waals surface area contributed by atoms with E-state index in [4.69, 9.17) is 27.9 Å². The first-order valence-corrected chi connectivity index (χ1v) is 6.47. The summed E-state index contributed by atoms with van der Waals surface area (Å²) < 4.78 is 5.71. The van der Waals surface area contributed by atoms with E-state index in [9.17, 15) is 0 Å². The van der Waals surface area contributed by atoms with Gasteiger partial charge in [0.1, 0.15) is 5.75 Å². The van der Waals surface area contributed by atoms with Crippen LogP contribution in [0.2, 0.25) is 5.02 Å². The maximum atomic E-state index is 6.11. The second-order valence-corrected chi connectivity index (χ2v) is 4.75. The minimum atomic E-state index is 0.442. The maximum Gasteiger partial charge on any atom is 0.219 e. The van der Waals surface area contributed by atoms with Crippen molar-refractivity contribution in [3.63, 3.8) is 0 Å². The van der Waals surface area contributed by atoms with Crippen molar-refractivity contribution in [2.75, 3.05) is 0 Å². The maximum absolute atomic E-state index is 6.11. The molecule has 0 unspecified atom stereocenters. The van der Waals surface area contributed by atoms with Crippen LogP contribution in [-0.2, 0) is 5.88 Å². The van der Waals surface area contributed by atoms with Crippen LogP contribution >= 0.6 is 23.2 Å². The number of pyridine rings is 1. The van der Waals surface area contributed by atoms with E-state index in [1.54, 1.807) is 6.20 Å². The summed E-state index contributed by atoms with van der Waals surface area (Å²) in [6, 6.07) is 7.47. The van der Waals surface area contributed by atoms with Gasteiger partial charge in [-0.25, -0.2) is 4.98 Å². The molecule has 0 saturated carbocycles. The molecule has 0 spiro atoms. The number of hydrogen-bond donors (Lipinski definition) is 0. The molecule has 1 aromatic carbocycles. The van der Waals surface area contributed by atoms with E-state index in [1.807, 2.05) is 38.1 Å². The van der Waals surface area contributed by atoms with Crippen LogP contribution in [0.3, 0.4) is 0 Å².